The summed E-state index contributed by atoms with van der Waals surface area (Å²) in [6.45, 7) is 5.86. The highest BCUT2D eigenvalue weighted by molar-refractivity contribution is 5.94. The number of amides is 1. The van der Waals surface area contributed by atoms with Crippen LogP contribution >= 0.6 is 0 Å². The average Bonchev–Trinajstić information content (AvgIpc) is 2.97. The van der Waals surface area contributed by atoms with E-state index in [1.807, 2.05) is 41.2 Å². The molecule has 2 rings (SSSR count). The zero-order valence-corrected chi connectivity index (χ0v) is 12.7. The summed E-state index contributed by atoms with van der Waals surface area (Å²) in [5, 5.41) is 7.13. The molecule has 0 radical (unpaired) electrons. The Hall–Kier alpha value is -2.10. The van der Waals surface area contributed by atoms with Gasteiger partial charge in [-0.3, -0.25) is 9.48 Å². The number of hydrogen-bond acceptors (Lipinski definition) is 2. The Balaban J connectivity index is 1.82. The summed E-state index contributed by atoms with van der Waals surface area (Å²) in [6, 6.07) is 9.60. The Kier molecular flexibility index (Phi) is 5.55. The van der Waals surface area contributed by atoms with Crippen molar-refractivity contribution in [2.45, 2.75) is 33.2 Å². The van der Waals surface area contributed by atoms with E-state index in [0.717, 1.165) is 31.5 Å². The standard InChI is InChI=1S/C17H23N3O/c1-14(2)5-3-10-18-17(21)16-8-6-15(7-9-16)13-20-12-4-11-19-20/h4,6-9,11-12,14H,3,5,10,13H2,1-2H3,(H,18,21). The lowest BCUT2D eigenvalue weighted by atomic mass is 10.1. The van der Waals surface area contributed by atoms with Crippen molar-refractivity contribution in [1.82, 2.24) is 15.1 Å². The molecule has 4 nitrogen and oxygen atoms in total. The molecule has 0 fully saturated rings. The van der Waals surface area contributed by atoms with Crippen LogP contribution in [0.5, 0.6) is 0 Å². The van der Waals surface area contributed by atoms with Gasteiger partial charge in [0.2, 0.25) is 0 Å². The van der Waals surface area contributed by atoms with Crippen molar-refractivity contribution in [3.05, 3.63) is 53.9 Å². The number of nitrogens with zero attached hydrogens (tertiary/aromatic N) is 2. The zero-order chi connectivity index (χ0) is 15.1. The molecular weight excluding hydrogens is 262 g/mol. The fourth-order valence-corrected chi connectivity index (χ4v) is 2.16. The van der Waals surface area contributed by atoms with Gasteiger partial charge in [0.05, 0.1) is 6.54 Å². The van der Waals surface area contributed by atoms with Gasteiger partial charge in [-0.15, -0.1) is 0 Å². The summed E-state index contributed by atoms with van der Waals surface area (Å²) in [6.07, 6.45) is 5.86. The Morgan fingerprint density at radius 3 is 2.67 bits per heavy atom. The number of carbonyl (C=O) groups is 1. The molecule has 1 aromatic carbocycles. The Morgan fingerprint density at radius 2 is 2.05 bits per heavy atom. The van der Waals surface area contributed by atoms with Crippen LogP contribution in [0.4, 0.5) is 0 Å². The van der Waals surface area contributed by atoms with E-state index < -0.39 is 0 Å². The third-order valence-corrected chi connectivity index (χ3v) is 3.36. The summed E-state index contributed by atoms with van der Waals surface area (Å²) in [5.41, 5.74) is 1.85. The minimum absolute atomic E-state index is 0.00407. The molecule has 0 atom stereocenters. The zero-order valence-electron chi connectivity index (χ0n) is 12.7. The molecule has 0 saturated carbocycles. The van der Waals surface area contributed by atoms with Crippen molar-refractivity contribution in [3.8, 4) is 0 Å². The van der Waals surface area contributed by atoms with Crippen LogP contribution in [0.2, 0.25) is 0 Å². The maximum atomic E-state index is 12.0. The number of nitrogens with one attached hydrogen (secondary N) is 1. The van der Waals surface area contributed by atoms with Crippen LogP contribution in [-0.4, -0.2) is 22.2 Å². The fourth-order valence-electron chi connectivity index (χ4n) is 2.16. The first-order chi connectivity index (χ1) is 10.1. The summed E-state index contributed by atoms with van der Waals surface area (Å²) < 4.78 is 1.86. The molecule has 4 heteroatoms. The second kappa shape index (κ2) is 7.62. The second-order valence-corrected chi connectivity index (χ2v) is 5.69. The Bertz CT molecular complexity index is 544. The third kappa shape index (κ3) is 5.06. The van der Waals surface area contributed by atoms with Crippen LogP contribution in [0.25, 0.3) is 0 Å². The van der Waals surface area contributed by atoms with E-state index in [9.17, 15) is 4.79 Å². The van der Waals surface area contributed by atoms with Crippen molar-refractivity contribution >= 4 is 5.91 Å². The lowest BCUT2D eigenvalue weighted by Crippen LogP contribution is -2.24. The molecule has 1 heterocycles. The molecule has 0 spiro atoms. The first-order valence-corrected chi connectivity index (χ1v) is 7.49. The first kappa shape index (κ1) is 15.3. The molecule has 112 valence electrons. The normalized spacial score (nSPS) is 10.8. The minimum atomic E-state index is 0.00407. The smallest absolute Gasteiger partial charge is 0.251 e. The van der Waals surface area contributed by atoms with Crippen LogP contribution in [0.3, 0.4) is 0 Å². The van der Waals surface area contributed by atoms with Gasteiger partial charge in [-0.25, -0.2) is 0 Å². The van der Waals surface area contributed by atoms with E-state index in [-0.39, 0.29) is 5.91 Å². The fraction of sp³-hybridized carbons (Fsp3) is 0.412. The Morgan fingerprint density at radius 1 is 1.29 bits per heavy atom. The molecule has 0 unspecified atom stereocenters. The SMILES string of the molecule is CC(C)CCCNC(=O)c1ccc(Cn2cccn2)cc1. The van der Waals surface area contributed by atoms with E-state index in [4.69, 9.17) is 0 Å². The van der Waals surface area contributed by atoms with Gasteiger partial charge in [-0.2, -0.15) is 5.10 Å². The molecule has 21 heavy (non-hydrogen) atoms. The van der Waals surface area contributed by atoms with Gasteiger partial charge in [-0.05, 0) is 42.5 Å². The van der Waals surface area contributed by atoms with E-state index in [1.165, 1.54) is 0 Å². The maximum Gasteiger partial charge on any atom is 0.251 e. The summed E-state index contributed by atoms with van der Waals surface area (Å²) in [7, 11) is 0. The molecule has 1 N–H and O–H groups in total. The van der Waals surface area contributed by atoms with Gasteiger partial charge in [-0.1, -0.05) is 26.0 Å². The van der Waals surface area contributed by atoms with Crippen molar-refractivity contribution in [2.24, 2.45) is 5.92 Å². The molecule has 0 saturated heterocycles. The number of aromatic nitrogens is 2. The lowest BCUT2D eigenvalue weighted by molar-refractivity contribution is 0.0952. The predicted octanol–water partition coefficient (Wildman–Crippen LogP) is 3.10. The molecule has 1 amide bonds. The van der Waals surface area contributed by atoms with Crippen molar-refractivity contribution in [3.63, 3.8) is 0 Å². The van der Waals surface area contributed by atoms with Crippen LogP contribution in [-0.2, 0) is 6.54 Å². The molecular formula is C17H23N3O. The van der Waals surface area contributed by atoms with Gasteiger partial charge in [0, 0.05) is 24.5 Å². The van der Waals surface area contributed by atoms with Gasteiger partial charge in [0.25, 0.3) is 5.91 Å². The van der Waals surface area contributed by atoms with Gasteiger partial charge in [0.15, 0.2) is 0 Å². The van der Waals surface area contributed by atoms with Crippen molar-refractivity contribution in [2.75, 3.05) is 6.54 Å². The first-order valence-electron chi connectivity index (χ1n) is 7.49. The topological polar surface area (TPSA) is 46.9 Å². The lowest BCUT2D eigenvalue weighted by Gasteiger charge is -2.08. The number of carbonyl (C=O) groups excluding carboxylic acids is 1. The van der Waals surface area contributed by atoms with Gasteiger partial charge < -0.3 is 5.32 Å². The molecule has 1 aromatic heterocycles. The molecule has 0 bridgehead atoms. The molecule has 0 aliphatic rings. The van der Waals surface area contributed by atoms with Gasteiger partial charge in [0.1, 0.15) is 0 Å². The summed E-state index contributed by atoms with van der Waals surface area (Å²) in [5.74, 6) is 0.688. The van der Waals surface area contributed by atoms with Crippen molar-refractivity contribution < 1.29 is 4.79 Å². The summed E-state index contributed by atoms with van der Waals surface area (Å²) >= 11 is 0. The monoisotopic (exact) mass is 285 g/mol. The van der Waals surface area contributed by atoms with E-state index in [0.29, 0.717) is 11.5 Å². The van der Waals surface area contributed by atoms with Crippen LogP contribution < -0.4 is 5.32 Å². The predicted molar refractivity (Wildman–Crippen MR) is 84.2 cm³/mol. The molecule has 0 aliphatic carbocycles. The van der Waals surface area contributed by atoms with Crippen LogP contribution in [0, 0.1) is 5.92 Å². The van der Waals surface area contributed by atoms with Crippen molar-refractivity contribution in [1.29, 1.82) is 0 Å². The Labute approximate surface area is 126 Å². The number of rotatable bonds is 7. The van der Waals surface area contributed by atoms with E-state index in [1.54, 1.807) is 6.20 Å². The maximum absolute atomic E-state index is 12.0. The highest BCUT2D eigenvalue weighted by Crippen LogP contribution is 2.07. The number of benzene rings is 1. The van der Waals surface area contributed by atoms with E-state index in [2.05, 4.69) is 24.3 Å². The highest BCUT2D eigenvalue weighted by atomic mass is 16.1. The highest BCUT2D eigenvalue weighted by Gasteiger charge is 2.05. The third-order valence-electron chi connectivity index (χ3n) is 3.36. The summed E-state index contributed by atoms with van der Waals surface area (Å²) in [4.78, 5) is 12.0. The quantitative estimate of drug-likeness (QED) is 0.795. The molecule has 2 aromatic rings. The van der Waals surface area contributed by atoms with E-state index >= 15 is 0 Å². The van der Waals surface area contributed by atoms with Gasteiger partial charge >= 0.3 is 0 Å². The van der Waals surface area contributed by atoms with Crippen LogP contribution in [0.15, 0.2) is 42.7 Å². The molecule has 0 aliphatic heterocycles. The second-order valence-electron chi connectivity index (χ2n) is 5.69. The average molecular weight is 285 g/mol. The minimum Gasteiger partial charge on any atom is -0.352 e. The largest absolute Gasteiger partial charge is 0.352 e. The number of hydrogen-bond donors (Lipinski definition) is 1. The van der Waals surface area contributed by atoms with Crippen LogP contribution in [0.1, 0.15) is 42.6 Å².